The maximum atomic E-state index is 2.75. The van der Waals surface area contributed by atoms with Crippen LogP contribution >= 0.6 is 22.6 Å². The molecule has 0 atom stereocenters. The lowest BCUT2D eigenvalue weighted by Crippen LogP contribution is -1.89. The summed E-state index contributed by atoms with van der Waals surface area (Å²) in [6.45, 7) is 0. The Bertz CT molecular complexity index is 412. The molecular formula is C14H16IN. The molecule has 0 aromatic heterocycles. The molecule has 2 heteroatoms. The van der Waals surface area contributed by atoms with Gasteiger partial charge in [0.2, 0.25) is 0 Å². The van der Waals surface area contributed by atoms with E-state index in [2.05, 4.69) is 76.4 Å². The van der Waals surface area contributed by atoms with Gasteiger partial charge >= 0.3 is 0 Å². The smallest absolute Gasteiger partial charge is 0.0208 e. The molecule has 0 radical (unpaired) electrons. The highest BCUT2D eigenvalue weighted by Gasteiger charge is 1.99. The Hall–Kier alpha value is -0.870. The normalized spacial score (nSPS) is 9.19. The fourth-order valence-electron chi connectivity index (χ4n) is 1.31. The number of rotatable bonds is 1. The minimum absolute atomic E-state index is 1.28. The quantitative estimate of drug-likeness (QED) is 0.787. The first kappa shape index (κ1) is 13.2. The molecule has 0 saturated heterocycles. The molecule has 0 bridgehead atoms. The lowest BCUT2D eigenvalue weighted by molar-refractivity contribution is 1.02. The van der Waals surface area contributed by atoms with E-state index in [1.165, 1.54) is 14.7 Å². The lowest BCUT2D eigenvalue weighted by atomic mass is 10.1. The van der Waals surface area contributed by atoms with E-state index < -0.39 is 0 Å². The fourth-order valence-corrected chi connectivity index (χ4v) is 2.01. The van der Waals surface area contributed by atoms with Gasteiger partial charge in [0.15, 0.2) is 0 Å². The van der Waals surface area contributed by atoms with Crippen LogP contribution in [0.4, 0.5) is 0 Å². The summed E-state index contributed by atoms with van der Waals surface area (Å²) >= 11 is 2.36. The van der Waals surface area contributed by atoms with Crippen LogP contribution in [0.25, 0.3) is 11.1 Å². The first-order valence-electron chi connectivity index (χ1n) is 5.18. The Morgan fingerprint density at radius 3 is 1.88 bits per heavy atom. The van der Waals surface area contributed by atoms with Gasteiger partial charge in [-0.3, -0.25) is 0 Å². The van der Waals surface area contributed by atoms with Crippen LogP contribution in [0.15, 0.2) is 54.6 Å². The molecule has 84 valence electrons. The van der Waals surface area contributed by atoms with Crippen LogP contribution in [-0.4, -0.2) is 14.1 Å². The maximum Gasteiger partial charge on any atom is 0.0208 e. The van der Waals surface area contributed by atoms with Crippen LogP contribution in [0.2, 0.25) is 0 Å². The van der Waals surface area contributed by atoms with Crippen LogP contribution in [0.3, 0.4) is 0 Å². The molecule has 1 N–H and O–H groups in total. The van der Waals surface area contributed by atoms with Crippen molar-refractivity contribution < 1.29 is 0 Å². The van der Waals surface area contributed by atoms with Crippen molar-refractivity contribution in [3.8, 4) is 11.1 Å². The number of hydrogen-bond acceptors (Lipinski definition) is 1. The van der Waals surface area contributed by atoms with Gasteiger partial charge in [0.25, 0.3) is 0 Å². The van der Waals surface area contributed by atoms with E-state index in [1.54, 1.807) is 0 Å². The van der Waals surface area contributed by atoms with Crippen molar-refractivity contribution in [3.63, 3.8) is 0 Å². The third-order valence-electron chi connectivity index (χ3n) is 1.96. The zero-order chi connectivity index (χ0) is 11.8. The van der Waals surface area contributed by atoms with Crippen LogP contribution in [0.5, 0.6) is 0 Å². The molecule has 0 fully saturated rings. The maximum absolute atomic E-state index is 2.75. The zero-order valence-electron chi connectivity index (χ0n) is 9.57. The van der Waals surface area contributed by atoms with Gasteiger partial charge in [-0.2, -0.15) is 0 Å². The second-order valence-corrected chi connectivity index (χ2v) is 4.51. The zero-order valence-corrected chi connectivity index (χ0v) is 11.7. The van der Waals surface area contributed by atoms with Gasteiger partial charge in [-0.25, -0.2) is 0 Å². The van der Waals surface area contributed by atoms with Crippen molar-refractivity contribution in [2.24, 2.45) is 0 Å². The Morgan fingerprint density at radius 2 is 1.31 bits per heavy atom. The predicted molar refractivity (Wildman–Crippen MR) is 79.6 cm³/mol. The first-order chi connectivity index (χ1) is 7.79. The third kappa shape index (κ3) is 3.94. The molecule has 0 aliphatic heterocycles. The van der Waals surface area contributed by atoms with Crippen LogP contribution in [0, 0.1) is 3.57 Å². The number of halogens is 1. The highest BCUT2D eigenvalue weighted by Crippen LogP contribution is 2.24. The standard InChI is InChI=1S/C12H9I.C2H7N/c13-12-9-5-4-8-11(12)10-6-2-1-3-7-10;1-3-2/h1-9H;3H,1-2H3. The highest BCUT2D eigenvalue weighted by molar-refractivity contribution is 14.1. The molecule has 0 aliphatic rings. The number of hydrogen-bond donors (Lipinski definition) is 1. The Labute approximate surface area is 111 Å². The molecule has 0 spiro atoms. The second kappa shape index (κ2) is 7.41. The van der Waals surface area contributed by atoms with Crippen molar-refractivity contribution in [2.75, 3.05) is 14.1 Å². The highest BCUT2D eigenvalue weighted by atomic mass is 127. The molecule has 2 aromatic carbocycles. The van der Waals surface area contributed by atoms with E-state index >= 15 is 0 Å². The molecule has 16 heavy (non-hydrogen) atoms. The van der Waals surface area contributed by atoms with Crippen molar-refractivity contribution in [1.82, 2.24) is 5.32 Å². The molecule has 1 nitrogen and oxygen atoms in total. The van der Waals surface area contributed by atoms with Gasteiger partial charge in [-0.05, 0) is 53.9 Å². The largest absolute Gasteiger partial charge is 0.323 e. The number of benzene rings is 2. The van der Waals surface area contributed by atoms with E-state index in [-0.39, 0.29) is 0 Å². The van der Waals surface area contributed by atoms with Crippen LogP contribution in [0.1, 0.15) is 0 Å². The van der Waals surface area contributed by atoms with Gasteiger partial charge in [0.1, 0.15) is 0 Å². The molecule has 0 unspecified atom stereocenters. The summed E-state index contributed by atoms with van der Waals surface area (Å²) < 4.78 is 1.30. The Balaban J connectivity index is 0.000000386. The molecule has 2 aromatic rings. The van der Waals surface area contributed by atoms with Crippen LogP contribution in [-0.2, 0) is 0 Å². The van der Waals surface area contributed by atoms with E-state index in [4.69, 9.17) is 0 Å². The molecule has 0 saturated carbocycles. The van der Waals surface area contributed by atoms with E-state index in [0.29, 0.717) is 0 Å². The van der Waals surface area contributed by atoms with Gasteiger partial charge in [-0.15, -0.1) is 0 Å². The topological polar surface area (TPSA) is 12.0 Å². The summed E-state index contributed by atoms with van der Waals surface area (Å²) in [4.78, 5) is 0. The van der Waals surface area contributed by atoms with Gasteiger partial charge in [0.05, 0.1) is 0 Å². The predicted octanol–water partition coefficient (Wildman–Crippen LogP) is 3.79. The average molecular weight is 325 g/mol. The third-order valence-corrected chi connectivity index (χ3v) is 2.90. The summed E-state index contributed by atoms with van der Waals surface area (Å²) in [7, 11) is 3.75. The molecule has 0 amide bonds. The van der Waals surface area contributed by atoms with Gasteiger partial charge in [-0.1, -0.05) is 48.5 Å². The average Bonchev–Trinajstić information content (AvgIpc) is 2.32. The van der Waals surface area contributed by atoms with Crippen molar-refractivity contribution in [1.29, 1.82) is 0 Å². The van der Waals surface area contributed by atoms with E-state index in [0.717, 1.165) is 0 Å². The molecule has 0 aliphatic carbocycles. The second-order valence-electron chi connectivity index (χ2n) is 3.35. The summed E-state index contributed by atoms with van der Waals surface area (Å²) in [6, 6.07) is 18.9. The lowest BCUT2D eigenvalue weighted by Gasteiger charge is -2.02. The minimum atomic E-state index is 1.28. The van der Waals surface area contributed by atoms with E-state index in [1.807, 2.05) is 20.2 Å². The van der Waals surface area contributed by atoms with Crippen molar-refractivity contribution >= 4 is 22.6 Å². The summed E-state index contributed by atoms with van der Waals surface area (Å²) in [5.41, 5.74) is 2.59. The van der Waals surface area contributed by atoms with Crippen molar-refractivity contribution in [2.45, 2.75) is 0 Å². The monoisotopic (exact) mass is 325 g/mol. The molecular weight excluding hydrogens is 309 g/mol. The van der Waals surface area contributed by atoms with Crippen molar-refractivity contribution in [3.05, 3.63) is 58.2 Å². The van der Waals surface area contributed by atoms with Crippen LogP contribution < -0.4 is 5.32 Å². The Kier molecular flexibility index (Phi) is 6.11. The summed E-state index contributed by atoms with van der Waals surface area (Å²) in [5, 5.41) is 2.75. The SMILES string of the molecule is CNC.Ic1ccccc1-c1ccccc1. The van der Waals surface area contributed by atoms with Gasteiger partial charge in [0, 0.05) is 3.57 Å². The fraction of sp³-hybridized carbons (Fsp3) is 0.143. The molecule has 2 rings (SSSR count). The minimum Gasteiger partial charge on any atom is -0.323 e. The first-order valence-corrected chi connectivity index (χ1v) is 6.26. The Morgan fingerprint density at radius 1 is 0.812 bits per heavy atom. The van der Waals surface area contributed by atoms with E-state index in [9.17, 15) is 0 Å². The van der Waals surface area contributed by atoms with Gasteiger partial charge < -0.3 is 5.32 Å². The number of nitrogens with one attached hydrogen (secondary N) is 1. The summed E-state index contributed by atoms with van der Waals surface area (Å²) in [6.07, 6.45) is 0. The molecule has 0 heterocycles. The summed E-state index contributed by atoms with van der Waals surface area (Å²) in [5.74, 6) is 0.